The van der Waals surface area contributed by atoms with Gasteiger partial charge >= 0.3 is 5.97 Å². The Balaban J connectivity index is 2.86. The second-order valence-electron chi connectivity index (χ2n) is 2.98. The van der Waals surface area contributed by atoms with E-state index in [4.69, 9.17) is 15.3 Å². The summed E-state index contributed by atoms with van der Waals surface area (Å²) in [5.74, 6) is -0.162. The molecule has 0 saturated heterocycles. The lowest BCUT2D eigenvalue weighted by Crippen LogP contribution is -2.02. The Morgan fingerprint density at radius 3 is 2.29 bits per heavy atom. The largest absolute Gasteiger partial charge is 0.423 e. The molecule has 0 bridgehead atoms. The Labute approximate surface area is 98.7 Å². The third-order valence-corrected chi connectivity index (χ3v) is 1.82. The zero-order valence-electron chi connectivity index (χ0n) is 8.88. The van der Waals surface area contributed by atoms with E-state index in [2.05, 4.69) is 6.58 Å². The first-order chi connectivity index (χ1) is 8.19. The van der Waals surface area contributed by atoms with Crippen LogP contribution in [-0.2, 0) is 4.79 Å². The van der Waals surface area contributed by atoms with Crippen molar-refractivity contribution in [2.75, 3.05) is 0 Å². The SMILES string of the molecule is C=CC(=O)Oc1ccc(C=C(C#N)C#N)cc1. The molecule has 0 N–H and O–H groups in total. The average molecular weight is 224 g/mol. The highest BCUT2D eigenvalue weighted by Crippen LogP contribution is 2.14. The van der Waals surface area contributed by atoms with Gasteiger partial charge in [0.15, 0.2) is 0 Å². The first-order valence-corrected chi connectivity index (χ1v) is 4.66. The number of allylic oxidation sites excluding steroid dienone is 1. The molecule has 0 spiro atoms. The molecule has 0 fully saturated rings. The van der Waals surface area contributed by atoms with Gasteiger partial charge < -0.3 is 4.74 Å². The quantitative estimate of drug-likeness (QED) is 0.341. The van der Waals surface area contributed by atoms with E-state index in [0.717, 1.165) is 6.08 Å². The van der Waals surface area contributed by atoms with E-state index in [0.29, 0.717) is 11.3 Å². The topological polar surface area (TPSA) is 73.9 Å². The number of carbonyl (C=O) groups is 1. The molecule has 4 nitrogen and oxygen atoms in total. The van der Waals surface area contributed by atoms with Crippen molar-refractivity contribution < 1.29 is 9.53 Å². The smallest absolute Gasteiger partial charge is 0.335 e. The number of benzene rings is 1. The molecule has 0 saturated carbocycles. The summed E-state index contributed by atoms with van der Waals surface area (Å²) in [7, 11) is 0. The van der Waals surface area contributed by atoms with Gasteiger partial charge in [0.25, 0.3) is 0 Å². The Morgan fingerprint density at radius 2 is 1.82 bits per heavy atom. The molecule has 1 aromatic carbocycles. The summed E-state index contributed by atoms with van der Waals surface area (Å²) in [6.45, 7) is 3.28. The van der Waals surface area contributed by atoms with Gasteiger partial charge in [0.1, 0.15) is 23.5 Å². The minimum Gasteiger partial charge on any atom is -0.423 e. The predicted molar refractivity (Wildman–Crippen MR) is 61.5 cm³/mol. The van der Waals surface area contributed by atoms with Crippen LogP contribution in [0.4, 0.5) is 0 Å². The molecule has 0 heterocycles. The van der Waals surface area contributed by atoms with E-state index in [9.17, 15) is 4.79 Å². The highest BCUT2D eigenvalue weighted by atomic mass is 16.5. The van der Waals surface area contributed by atoms with Crippen LogP contribution in [0.5, 0.6) is 5.75 Å². The molecule has 0 atom stereocenters. The lowest BCUT2D eigenvalue weighted by atomic mass is 10.1. The van der Waals surface area contributed by atoms with Crippen molar-refractivity contribution in [1.82, 2.24) is 0 Å². The Kier molecular flexibility index (Phi) is 4.24. The van der Waals surface area contributed by atoms with Crippen LogP contribution in [0.3, 0.4) is 0 Å². The van der Waals surface area contributed by atoms with Crippen LogP contribution in [0.15, 0.2) is 42.5 Å². The van der Waals surface area contributed by atoms with E-state index >= 15 is 0 Å². The summed E-state index contributed by atoms with van der Waals surface area (Å²) >= 11 is 0. The molecule has 17 heavy (non-hydrogen) atoms. The Bertz CT molecular complexity index is 526. The fourth-order valence-corrected chi connectivity index (χ4v) is 1.05. The van der Waals surface area contributed by atoms with E-state index < -0.39 is 5.97 Å². The monoisotopic (exact) mass is 224 g/mol. The summed E-state index contributed by atoms with van der Waals surface area (Å²) in [6.07, 6.45) is 2.51. The highest BCUT2D eigenvalue weighted by Gasteiger charge is 1.99. The fraction of sp³-hybridized carbons (Fsp3) is 0. The van der Waals surface area contributed by atoms with Crippen LogP contribution in [-0.4, -0.2) is 5.97 Å². The number of rotatable bonds is 3. The van der Waals surface area contributed by atoms with Gasteiger partial charge in [0.05, 0.1) is 0 Å². The number of hydrogen-bond acceptors (Lipinski definition) is 4. The van der Waals surface area contributed by atoms with Crippen LogP contribution in [0.2, 0.25) is 0 Å². The van der Waals surface area contributed by atoms with Crippen molar-refractivity contribution in [1.29, 1.82) is 10.5 Å². The summed E-state index contributed by atoms with van der Waals surface area (Å²) in [4.78, 5) is 10.9. The fourth-order valence-electron chi connectivity index (χ4n) is 1.05. The van der Waals surface area contributed by atoms with Crippen molar-refractivity contribution in [3.8, 4) is 17.9 Å². The maximum atomic E-state index is 10.9. The lowest BCUT2D eigenvalue weighted by molar-refractivity contribution is -0.128. The molecule has 4 heteroatoms. The molecule has 1 rings (SSSR count). The number of hydrogen-bond donors (Lipinski definition) is 0. The summed E-state index contributed by atoms with van der Waals surface area (Å²) in [5.41, 5.74) is 0.697. The summed E-state index contributed by atoms with van der Waals surface area (Å²) in [5, 5.41) is 17.1. The highest BCUT2D eigenvalue weighted by molar-refractivity contribution is 5.83. The molecule has 0 aliphatic carbocycles. The normalized spacial score (nSPS) is 8.35. The summed E-state index contributed by atoms with van der Waals surface area (Å²) in [6, 6.07) is 9.93. The number of carbonyl (C=O) groups excluding carboxylic acids is 1. The standard InChI is InChI=1S/C13H8N2O2/c1-2-13(16)17-12-5-3-10(4-6-12)7-11(8-14)9-15/h2-7H,1H2. The summed E-state index contributed by atoms with van der Waals surface area (Å²) < 4.78 is 4.87. The molecule has 0 unspecified atom stereocenters. The van der Waals surface area contributed by atoms with E-state index in [1.54, 1.807) is 36.4 Å². The number of nitrogens with zero attached hydrogens (tertiary/aromatic N) is 2. The average Bonchev–Trinajstić information content (AvgIpc) is 2.37. The number of esters is 1. The van der Waals surface area contributed by atoms with Crippen LogP contribution in [0.1, 0.15) is 5.56 Å². The molecule has 1 aromatic rings. The maximum Gasteiger partial charge on any atom is 0.335 e. The third kappa shape index (κ3) is 3.65. The lowest BCUT2D eigenvalue weighted by Gasteiger charge is -2.00. The van der Waals surface area contributed by atoms with Crippen LogP contribution >= 0.6 is 0 Å². The third-order valence-electron chi connectivity index (χ3n) is 1.82. The molecule has 0 amide bonds. The Morgan fingerprint density at radius 1 is 1.24 bits per heavy atom. The Hall–Kier alpha value is -2.85. The van der Waals surface area contributed by atoms with E-state index in [-0.39, 0.29) is 5.57 Å². The zero-order chi connectivity index (χ0) is 12.7. The van der Waals surface area contributed by atoms with Crippen molar-refractivity contribution in [3.63, 3.8) is 0 Å². The van der Waals surface area contributed by atoms with E-state index in [1.807, 2.05) is 0 Å². The molecule has 0 aromatic heterocycles. The van der Waals surface area contributed by atoms with Gasteiger partial charge in [-0.2, -0.15) is 10.5 Å². The molecule has 0 aliphatic heterocycles. The maximum absolute atomic E-state index is 10.9. The van der Waals surface area contributed by atoms with E-state index in [1.165, 1.54) is 6.08 Å². The number of ether oxygens (including phenoxy) is 1. The van der Waals surface area contributed by atoms with Crippen molar-refractivity contribution in [2.24, 2.45) is 0 Å². The first kappa shape index (κ1) is 12.2. The van der Waals surface area contributed by atoms with Gasteiger partial charge in [-0.3, -0.25) is 0 Å². The van der Waals surface area contributed by atoms with Gasteiger partial charge in [-0.05, 0) is 23.8 Å². The molecule has 82 valence electrons. The first-order valence-electron chi connectivity index (χ1n) is 4.66. The van der Waals surface area contributed by atoms with Crippen LogP contribution in [0, 0.1) is 22.7 Å². The van der Waals surface area contributed by atoms with Crippen molar-refractivity contribution in [2.45, 2.75) is 0 Å². The van der Waals surface area contributed by atoms with Gasteiger partial charge in [-0.1, -0.05) is 18.7 Å². The van der Waals surface area contributed by atoms with Crippen LogP contribution in [0.25, 0.3) is 6.08 Å². The second kappa shape index (κ2) is 5.89. The van der Waals surface area contributed by atoms with Crippen molar-refractivity contribution in [3.05, 3.63) is 48.1 Å². The minimum absolute atomic E-state index is 0.0147. The van der Waals surface area contributed by atoms with Gasteiger partial charge in [0, 0.05) is 6.08 Å². The zero-order valence-corrected chi connectivity index (χ0v) is 8.88. The van der Waals surface area contributed by atoms with Gasteiger partial charge in [0.2, 0.25) is 0 Å². The number of nitriles is 2. The van der Waals surface area contributed by atoms with Gasteiger partial charge in [-0.15, -0.1) is 0 Å². The van der Waals surface area contributed by atoms with Gasteiger partial charge in [-0.25, -0.2) is 4.79 Å². The second-order valence-corrected chi connectivity index (χ2v) is 2.98. The predicted octanol–water partition coefficient (Wildman–Crippen LogP) is 2.21. The minimum atomic E-state index is -0.539. The molecular formula is C13H8N2O2. The molecular weight excluding hydrogens is 216 g/mol. The molecule has 0 aliphatic rings. The van der Waals surface area contributed by atoms with Crippen molar-refractivity contribution >= 4 is 12.0 Å². The molecule has 0 radical (unpaired) electrons. The van der Waals surface area contributed by atoms with Crippen LogP contribution < -0.4 is 4.74 Å².